The molecule has 0 aromatic carbocycles. The molecule has 19 heavy (non-hydrogen) atoms. The fourth-order valence-corrected chi connectivity index (χ4v) is 2.70. The van der Waals surface area contributed by atoms with Crippen LogP contribution in [0.3, 0.4) is 0 Å². The second-order valence-electron chi connectivity index (χ2n) is 6.00. The van der Waals surface area contributed by atoms with Gasteiger partial charge in [0, 0.05) is 13.1 Å². The summed E-state index contributed by atoms with van der Waals surface area (Å²) in [5.41, 5.74) is 0. The van der Waals surface area contributed by atoms with Gasteiger partial charge in [-0.3, -0.25) is 4.84 Å². The summed E-state index contributed by atoms with van der Waals surface area (Å²) in [5, 5.41) is 2.10. The minimum absolute atomic E-state index is 0.943. The second-order valence-corrected chi connectivity index (χ2v) is 6.00. The van der Waals surface area contributed by atoms with Gasteiger partial charge >= 0.3 is 0 Å². The highest BCUT2D eigenvalue weighted by Crippen LogP contribution is 2.13. The molecular formula is C17H35NO. The van der Waals surface area contributed by atoms with Crippen LogP contribution in [-0.4, -0.2) is 24.8 Å². The molecule has 1 rings (SSSR count). The van der Waals surface area contributed by atoms with Crippen molar-refractivity contribution in [2.24, 2.45) is 0 Å². The van der Waals surface area contributed by atoms with E-state index in [4.69, 9.17) is 4.84 Å². The molecule has 1 aliphatic rings. The van der Waals surface area contributed by atoms with Crippen LogP contribution in [0.15, 0.2) is 0 Å². The lowest BCUT2D eigenvalue weighted by Gasteiger charge is -2.29. The zero-order valence-electron chi connectivity index (χ0n) is 13.2. The van der Waals surface area contributed by atoms with Crippen molar-refractivity contribution in [2.45, 2.75) is 90.4 Å². The largest absolute Gasteiger partial charge is 0.297 e. The molecule has 2 heteroatoms. The van der Waals surface area contributed by atoms with Crippen molar-refractivity contribution in [3.8, 4) is 0 Å². The van der Waals surface area contributed by atoms with Crippen LogP contribution in [0.1, 0.15) is 90.4 Å². The van der Waals surface area contributed by atoms with Gasteiger partial charge in [0.15, 0.2) is 0 Å². The first-order valence-electron chi connectivity index (χ1n) is 8.81. The highest BCUT2D eigenvalue weighted by atomic mass is 16.7. The van der Waals surface area contributed by atoms with Crippen LogP contribution in [0.4, 0.5) is 0 Å². The Labute approximate surface area is 120 Å². The molecule has 1 aliphatic heterocycles. The lowest BCUT2D eigenvalue weighted by molar-refractivity contribution is -0.246. The maximum atomic E-state index is 5.27. The number of hydrogen-bond donors (Lipinski definition) is 0. The van der Waals surface area contributed by atoms with E-state index in [0.717, 1.165) is 19.7 Å². The van der Waals surface area contributed by atoms with Gasteiger partial charge in [-0.1, -0.05) is 84.0 Å². The molecule has 0 spiro atoms. The minimum Gasteiger partial charge on any atom is -0.297 e. The average Bonchev–Trinajstić information content (AvgIpc) is 2.37. The predicted octanol–water partition coefficient (Wildman–Crippen LogP) is 5.32. The number of hydrogen-bond acceptors (Lipinski definition) is 2. The lowest BCUT2D eigenvalue weighted by Crippen LogP contribution is -2.39. The molecule has 0 aliphatic carbocycles. The molecule has 0 aromatic heterocycles. The number of nitrogens with zero attached hydrogens (tertiary/aromatic N) is 1. The van der Waals surface area contributed by atoms with Crippen molar-refractivity contribution in [3.63, 3.8) is 0 Å². The molecule has 0 bridgehead atoms. The first-order valence-corrected chi connectivity index (χ1v) is 8.81. The van der Waals surface area contributed by atoms with E-state index in [1.54, 1.807) is 0 Å². The summed E-state index contributed by atoms with van der Waals surface area (Å²) >= 11 is 0. The zero-order valence-corrected chi connectivity index (χ0v) is 13.2. The number of hydroxylamine groups is 2. The van der Waals surface area contributed by atoms with Crippen molar-refractivity contribution in [1.29, 1.82) is 0 Å². The van der Waals surface area contributed by atoms with Gasteiger partial charge in [-0.25, -0.2) is 0 Å². The van der Waals surface area contributed by atoms with E-state index < -0.39 is 0 Å². The van der Waals surface area contributed by atoms with E-state index in [1.165, 1.54) is 83.5 Å². The summed E-state index contributed by atoms with van der Waals surface area (Å²) in [6.45, 7) is 5.53. The summed E-state index contributed by atoms with van der Waals surface area (Å²) in [5.74, 6) is 0. The van der Waals surface area contributed by atoms with Crippen molar-refractivity contribution >= 4 is 0 Å². The minimum atomic E-state index is 0.943. The van der Waals surface area contributed by atoms with E-state index in [1.807, 2.05) is 0 Å². The van der Waals surface area contributed by atoms with Gasteiger partial charge in [-0.2, -0.15) is 5.06 Å². The Morgan fingerprint density at radius 2 is 1.11 bits per heavy atom. The molecule has 0 aromatic rings. The Kier molecular flexibility index (Phi) is 11.5. The monoisotopic (exact) mass is 269 g/mol. The summed E-state index contributed by atoms with van der Waals surface area (Å²) in [6.07, 6.45) is 18.6. The van der Waals surface area contributed by atoms with Gasteiger partial charge in [0.1, 0.15) is 0 Å². The summed E-state index contributed by atoms with van der Waals surface area (Å²) in [7, 11) is 0. The molecule has 1 saturated heterocycles. The van der Waals surface area contributed by atoms with Gasteiger partial charge in [0.25, 0.3) is 0 Å². The zero-order chi connectivity index (χ0) is 13.6. The van der Waals surface area contributed by atoms with Gasteiger partial charge in [0.2, 0.25) is 0 Å². The Morgan fingerprint density at radius 3 is 1.47 bits per heavy atom. The smallest absolute Gasteiger partial charge is 0.0835 e. The summed E-state index contributed by atoms with van der Waals surface area (Å²) in [6, 6.07) is 0. The first kappa shape index (κ1) is 17.0. The molecule has 0 unspecified atom stereocenters. The van der Waals surface area contributed by atoms with Crippen molar-refractivity contribution in [2.75, 3.05) is 19.7 Å². The van der Waals surface area contributed by atoms with Gasteiger partial charge < -0.3 is 0 Å². The Balaban J connectivity index is 1.62. The lowest BCUT2D eigenvalue weighted by atomic mass is 10.0. The van der Waals surface area contributed by atoms with E-state index in [-0.39, 0.29) is 0 Å². The van der Waals surface area contributed by atoms with Crippen LogP contribution in [0, 0.1) is 0 Å². The van der Waals surface area contributed by atoms with Crippen molar-refractivity contribution in [1.82, 2.24) is 5.06 Å². The average molecular weight is 269 g/mol. The topological polar surface area (TPSA) is 12.5 Å². The Hall–Kier alpha value is -0.0800. The highest BCUT2D eigenvalue weighted by molar-refractivity contribution is 4.54. The Bertz CT molecular complexity index is 180. The van der Waals surface area contributed by atoms with Crippen LogP contribution in [-0.2, 0) is 4.84 Å². The standard InChI is InChI=1S/C17H35NO/c1-2-3-4-5-6-7-8-9-10-11-12-13-14-15-18-16-17-19-18/h2-17H2,1H3. The molecule has 2 nitrogen and oxygen atoms in total. The molecule has 0 N–H and O–H groups in total. The second kappa shape index (κ2) is 12.9. The molecular weight excluding hydrogens is 234 g/mol. The van der Waals surface area contributed by atoms with E-state index in [2.05, 4.69) is 12.0 Å². The number of rotatable bonds is 14. The van der Waals surface area contributed by atoms with Crippen LogP contribution < -0.4 is 0 Å². The van der Waals surface area contributed by atoms with Crippen LogP contribution in [0.25, 0.3) is 0 Å². The number of unbranched alkanes of at least 4 members (excludes halogenated alkanes) is 12. The first-order chi connectivity index (χ1) is 9.43. The fourth-order valence-electron chi connectivity index (χ4n) is 2.70. The molecule has 1 heterocycles. The normalized spacial score (nSPS) is 15.6. The Morgan fingerprint density at radius 1 is 0.684 bits per heavy atom. The maximum Gasteiger partial charge on any atom is 0.0835 e. The molecule has 1 fully saturated rings. The third-order valence-corrected chi connectivity index (χ3v) is 4.13. The fraction of sp³-hybridized carbons (Fsp3) is 1.00. The van der Waals surface area contributed by atoms with Gasteiger partial charge in [-0.15, -0.1) is 0 Å². The third-order valence-electron chi connectivity index (χ3n) is 4.13. The quantitative estimate of drug-likeness (QED) is 0.395. The molecule has 0 atom stereocenters. The molecule has 114 valence electrons. The van der Waals surface area contributed by atoms with Crippen molar-refractivity contribution in [3.05, 3.63) is 0 Å². The summed E-state index contributed by atoms with van der Waals surface area (Å²) in [4.78, 5) is 5.27. The molecule has 0 radical (unpaired) electrons. The van der Waals surface area contributed by atoms with Gasteiger partial charge in [0.05, 0.1) is 6.61 Å². The molecule has 0 saturated carbocycles. The van der Waals surface area contributed by atoms with Crippen LogP contribution in [0.2, 0.25) is 0 Å². The van der Waals surface area contributed by atoms with E-state index in [0.29, 0.717) is 0 Å². The SMILES string of the molecule is CCCCCCCCCCCCCCCN1CCO1. The summed E-state index contributed by atoms with van der Waals surface area (Å²) < 4.78 is 0. The van der Waals surface area contributed by atoms with Crippen LogP contribution >= 0.6 is 0 Å². The van der Waals surface area contributed by atoms with Crippen molar-refractivity contribution < 1.29 is 4.84 Å². The molecule has 0 amide bonds. The highest BCUT2D eigenvalue weighted by Gasteiger charge is 2.12. The van der Waals surface area contributed by atoms with E-state index >= 15 is 0 Å². The maximum absolute atomic E-state index is 5.27. The third kappa shape index (κ3) is 10.4. The van der Waals surface area contributed by atoms with Gasteiger partial charge in [-0.05, 0) is 6.42 Å². The van der Waals surface area contributed by atoms with Crippen LogP contribution in [0.5, 0.6) is 0 Å². The van der Waals surface area contributed by atoms with E-state index in [9.17, 15) is 0 Å². The predicted molar refractivity (Wildman–Crippen MR) is 83.2 cm³/mol.